The number of nitrogens with zero attached hydrogens (tertiary/aromatic N) is 1. The highest BCUT2D eigenvalue weighted by atomic mass is 16.5. The summed E-state index contributed by atoms with van der Waals surface area (Å²) in [5.74, 6) is 0.249. The molecule has 1 aliphatic rings. The smallest absolute Gasteiger partial charge is 0.248 e. The summed E-state index contributed by atoms with van der Waals surface area (Å²) in [5.41, 5.74) is 3.03. The van der Waals surface area contributed by atoms with Crippen LogP contribution in [0.4, 0.5) is 0 Å². The van der Waals surface area contributed by atoms with Crippen LogP contribution in [0.25, 0.3) is 0 Å². The van der Waals surface area contributed by atoms with Gasteiger partial charge in [0, 0.05) is 31.7 Å². The van der Waals surface area contributed by atoms with E-state index in [0.717, 1.165) is 24.0 Å². The molecule has 0 aromatic heterocycles. The summed E-state index contributed by atoms with van der Waals surface area (Å²) in [6.45, 7) is 5.42. The van der Waals surface area contributed by atoms with Crippen LogP contribution in [0.15, 0.2) is 18.2 Å². The molecule has 1 aromatic rings. The molecular formula is C17H23NO3. The predicted molar refractivity (Wildman–Crippen MR) is 81.4 cm³/mol. The van der Waals surface area contributed by atoms with Gasteiger partial charge in [0.15, 0.2) is 5.78 Å². The maximum Gasteiger partial charge on any atom is 0.248 e. The van der Waals surface area contributed by atoms with Crippen molar-refractivity contribution in [3.05, 3.63) is 34.9 Å². The second-order valence-corrected chi connectivity index (χ2v) is 5.77. The van der Waals surface area contributed by atoms with Crippen molar-refractivity contribution in [2.24, 2.45) is 5.92 Å². The van der Waals surface area contributed by atoms with Crippen molar-refractivity contribution >= 4 is 11.7 Å². The van der Waals surface area contributed by atoms with Gasteiger partial charge < -0.3 is 9.64 Å². The zero-order valence-corrected chi connectivity index (χ0v) is 13.0. The Balaban J connectivity index is 1.98. The van der Waals surface area contributed by atoms with Crippen molar-refractivity contribution in [2.45, 2.75) is 26.7 Å². The van der Waals surface area contributed by atoms with Gasteiger partial charge in [0.05, 0.1) is 0 Å². The maximum absolute atomic E-state index is 12.6. The van der Waals surface area contributed by atoms with Gasteiger partial charge in [0.1, 0.15) is 6.61 Å². The Bertz CT molecular complexity index is 531. The number of ketones is 1. The highest BCUT2D eigenvalue weighted by molar-refractivity contribution is 5.99. The van der Waals surface area contributed by atoms with Crippen molar-refractivity contribution in [3.63, 3.8) is 0 Å². The number of piperidine rings is 1. The van der Waals surface area contributed by atoms with E-state index in [1.54, 1.807) is 4.90 Å². The summed E-state index contributed by atoms with van der Waals surface area (Å²) in [6.07, 6.45) is 1.48. The highest BCUT2D eigenvalue weighted by Gasteiger charge is 2.28. The molecule has 4 nitrogen and oxygen atoms in total. The number of ether oxygens (including phenoxy) is 1. The second-order valence-electron chi connectivity index (χ2n) is 5.77. The monoisotopic (exact) mass is 289 g/mol. The van der Waals surface area contributed by atoms with Crippen LogP contribution >= 0.6 is 0 Å². The van der Waals surface area contributed by atoms with Crippen LogP contribution in [0.5, 0.6) is 0 Å². The third-order valence-electron chi connectivity index (χ3n) is 4.13. The quantitative estimate of drug-likeness (QED) is 0.799. The molecule has 21 heavy (non-hydrogen) atoms. The molecule has 0 unspecified atom stereocenters. The largest absolute Gasteiger partial charge is 0.375 e. The zero-order valence-electron chi connectivity index (χ0n) is 13.0. The average Bonchev–Trinajstić information content (AvgIpc) is 2.47. The highest BCUT2D eigenvalue weighted by Crippen LogP contribution is 2.24. The molecular weight excluding hydrogens is 266 g/mol. The van der Waals surface area contributed by atoms with E-state index in [9.17, 15) is 9.59 Å². The van der Waals surface area contributed by atoms with Gasteiger partial charge >= 0.3 is 0 Å². The molecule has 0 atom stereocenters. The summed E-state index contributed by atoms with van der Waals surface area (Å²) in [6, 6.07) is 5.96. The Hall–Kier alpha value is -1.68. The van der Waals surface area contributed by atoms with Crippen LogP contribution in [0.3, 0.4) is 0 Å². The number of rotatable bonds is 4. The summed E-state index contributed by atoms with van der Waals surface area (Å²) >= 11 is 0. The molecule has 4 heteroatoms. The van der Waals surface area contributed by atoms with Crippen molar-refractivity contribution in [1.82, 2.24) is 4.90 Å². The van der Waals surface area contributed by atoms with E-state index in [1.807, 2.05) is 32.0 Å². The molecule has 1 amide bonds. The first-order valence-corrected chi connectivity index (χ1v) is 7.41. The van der Waals surface area contributed by atoms with Gasteiger partial charge in [-0.2, -0.15) is 0 Å². The average molecular weight is 289 g/mol. The fourth-order valence-corrected chi connectivity index (χ4v) is 2.92. The number of likely N-dealkylation sites (tertiary alicyclic amines) is 1. The molecule has 2 rings (SSSR count). The predicted octanol–water partition coefficient (Wildman–Crippen LogP) is 2.37. The van der Waals surface area contributed by atoms with Crippen molar-refractivity contribution in [1.29, 1.82) is 0 Å². The fraction of sp³-hybridized carbons (Fsp3) is 0.529. The lowest BCUT2D eigenvalue weighted by Crippen LogP contribution is -2.41. The standard InChI is InChI=1S/C17H23NO3/c1-12-4-5-15(13(2)10-12)17(20)14-6-8-18(9-7-14)16(19)11-21-3/h4-5,10,14H,6-9,11H2,1-3H3. The minimum absolute atomic E-state index is 0.00918. The number of methoxy groups -OCH3 is 1. The van der Waals surface area contributed by atoms with Crippen LogP contribution in [0.1, 0.15) is 34.3 Å². The first-order valence-electron chi connectivity index (χ1n) is 7.41. The van der Waals surface area contributed by atoms with E-state index in [-0.39, 0.29) is 24.2 Å². The Morgan fingerprint density at radius 1 is 1.24 bits per heavy atom. The van der Waals surface area contributed by atoms with Crippen LogP contribution < -0.4 is 0 Å². The van der Waals surface area contributed by atoms with E-state index in [0.29, 0.717) is 13.1 Å². The second kappa shape index (κ2) is 6.85. The first kappa shape index (κ1) is 15.7. The number of aryl methyl sites for hydroxylation is 2. The molecule has 1 heterocycles. The van der Waals surface area contributed by atoms with Crippen molar-refractivity contribution in [3.8, 4) is 0 Å². The molecule has 1 fully saturated rings. The van der Waals surface area contributed by atoms with Gasteiger partial charge in [-0.25, -0.2) is 0 Å². The summed E-state index contributed by atoms with van der Waals surface area (Å²) in [7, 11) is 1.52. The number of carbonyl (C=O) groups is 2. The van der Waals surface area contributed by atoms with Gasteiger partial charge in [-0.05, 0) is 32.3 Å². The lowest BCUT2D eigenvalue weighted by molar-refractivity contribution is -0.136. The Labute approximate surface area is 126 Å². The molecule has 0 saturated carbocycles. The molecule has 0 spiro atoms. The van der Waals surface area contributed by atoms with Gasteiger partial charge in [-0.3, -0.25) is 9.59 Å². The molecule has 1 aliphatic heterocycles. The third-order valence-corrected chi connectivity index (χ3v) is 4.13. The fourth-order valence-electron chi connectivity index (χ4n) is 2.92. The number of hydrogen-bond acceptors (Lipinski definition) is 3. The van der Waals surface area contributed by atoms with Crippen LogP contribution in [0.2, 0.25) is 0 Å². The molecule has 0 N–H and O–H groups in total. The zero-order chi connectivity index (χ0) is 15.4. The summed E-state index contributed by atoms with van der Waals surface area (Å²) < 4.78 is 4.87. The number of carbonyl (C=O) groups excluding carboxylic acids is 2. The lowest BCUT2D eigenvalue weighted by Gasteiger charge is -2.31. The first-order chi connectivity index (χ1) is 10.0. The van der Waals surface area contributed by atoms with Gasteiger partial charge in [-0.1, -0.05) is 23.8 Å². The Kier molecular flexibility index (Phi) is 5.12. The molecule has 1 saturated heterocycles. The maximum atomic E-state index is 12.6. The minimum Gasteiger partial charge on any atom is -0.375 e. The van der Waals surface area contributed by atoms with Gasteiger partial charge in [-0.15, -0.1) is 0 Å². The Morgan fingerprint density at radius 3 is 2.48 bits per heavy atom. The molecule has 0 bridgehead atoms. The SMILES string of the molecule is COCC(=O)N1CCC(C(=O)c2ccc(C)cc2C)CC1. The van der Waals surface area contributed by atoms with E-state index in [1.165, 1.54) is 12.7 Å². The van der Waals surface area contributed by atoms with Gasteiger partial charge in [0.2, 0.25) is 5.91 Å². The Morgan fingerprint density at radius 2 is 1.90 bits per heavy atom. The topological polar surface area (TPSA) is 46.6 Å². The van der Waals surface area contributed by atoms with Crippen LogP contribution in [-0.2, 0) is 9.53 Å². The normalized spacial score (nSPS) is 16.0. The lowest BCUT2D eigenvalue weighted by atomic mass is 9.87. The van der Waals surface area contributed by atoms with E-state index in [4.69, 9.17) is 4.74 Å². The number of hydrogen-bond donors (Lipinski definition) is 0. The molecule has 1 aromatic carbocycles. The number of Topliss-reactive ketones (excluding diaryl/α,β-unsaturated/α-hetero) is 1. The van der Waals surface area contributed by atoms with Gasteiger partial charge in [0.25, 0.3) is 0 Å². The minimum atomic E-state index is 0.00918. The van der Waals surface area contributed by atoms with Crippen molar-refractivity contribution < 1.29 is 14.3 Å². The third kappa shape index (κ3) is 3.70. The summed E-state index contributed by atoms with van der Waals surface area (Å²) in [5, 5.41) is 0. The molecule has 0 radical (unpaired) electrons. The van der Waals surface area contributed by atoms with Crippen LogP contribution in [0, 0.1) is 19.8 Å². The molecule has 114 valence electrons. The van der Waals surface area contributed by atoms with Crippen molar-refractivity contribution in [2.75, 3.05) is 26.8 Å². The molecule has 0 aliphatic carbocycles. The number of amides is 1. The summed E-state index contributed by atoms with van der Waals surface area (Å²) in [4.78, 5) is 26.1. The number of benzene rings is 1. The van der Waals surface area contributed by atoms with Crippen LogP contribution in [-0.4, -0.2) is 43.4 Å². The van der Waals surface area contributed by atoms with E-state index >= 15 is 0 Å². The van der Waals surface area contributed by atoms with E-state index < -0.39 is 0 Å². The van der Waals surface area contributed by atoms with E-state index in [2.05, 4.69) is 0 Å².